The van der Waals surface area contributed by atoms with Gasteiger partial charge in [0.2, 0.25) is 5.95 Å². The number of rotatable bonds is 11. The summed E-state index contributed by atoms with van der Waals surface area (Å²) in [6, 6.07) is 21.3. The van der Waals surface area contributed by atoms with E-state index in [0.29, 0.717) is 12.5 Å². The van der Waals surface area contributed by atoms with Crippen molar-refractivity contribution in [2.45, 2.75) is 19.0 Å². The van der Waals surface area contributed by atoms with Gasteiger partial charge in [-0.1, -0.05) is 65.7 Å². The van der Waals surface area contributed by atoms with Gasteiger partial charge in [0.05, 0.1) is 36.4 Å². The Balaban J connectivity index is 1.47. The van der Waals surface area contributed by atoms with Crippen LogP contribution in [-0.2, 0) is 16.1 Å². The smallest absolute Gasteiger partial charge is 0.328 e. The van der Waals surface area contributed by atoms with Crippen molar-refractivity contribution in [1.82, 2.24) is 15.3 Å². The number of hydrogen-bond acceptors (Lipinski definition) is 7. The van der Waals surface area contributed by atoms with Crippen molar-refractivity contribution in [1.29, 1.82) is 0 Å². The minimum atomic E-state index is -0.925. The standard InChI is InChI=1S/C31H28Cl2N4O4/c1-40-24-16-12-22(13-17-24)20-37(31-34-18-5-19-35-31)23-14-10-21(11-15-23)6-3-9-27(30(39)41-2)36-29(38)28-25(32)7-4-8-26(28)33/h3-8,10-19,27H,9,20H2,1-2H3,(H,36,38). The van der Waals surface area contributed by atoms with Crippen molar-refractivity contribution < 1.29 is 19.1 Å². The zero-order valence-corrected chi connectivity index (χ0v) is 24.0. The lowest BCUT2D eigenvalue weighted by Gasteiger charge is -2.23. The molecule has 41 heavy (non-hydrogen) atoms. The third kappa shape index (κ3) is 7.84. The summed E-state index contributed by atoms with van der Waals surface area (Å²) < 4.78 is 10.2. The molecule has 10 heteroatoms. The van der Waals surface area contributed by atoms with Crippen molar-refractivity contribution in [3.63, 3.8) is 0 Å². The summed E-state index contributed by atoms with van der Waals surface area (Å²) >= 11 is 12.3. The predicted octanol–water partition coefficient (Wildman–Crippen LogP) is 6.51. The van der Waals surface area contributed by atoms with E-state index in [0.717, 1.165) is 22.6 Å². The molecule has 0 fully saturated rings. The summed E-state index contributed by atoms with van der Waals surface area (Å²) in [5, 5.41) is 3.04. The Kier molecular flexibility index (Phi) is 10.3. The van der Waals surface area contributed by atoms with Gasteiger partial charge >= 0.3 is 5.97 Å². The van der Waals surface area contributed by atoms with E-state index in [1.807, 2.05) is 59.5 Å². The van der Waals surface area contributed by atoms with E-state index < -0.39 is 17.9 Å². The van der Waals surface area contributed by atoms with E-state index in [1.54, 1.807) is 49.8 Å². The van der Waals surface area contributed by atoms with Crippen LogP contribution in [0.3, 0.4) is 0 Å². The fourth-order valence-corrected chi connectivity index (χ4v) is 4.60. The molecule has 1 heterocycles. The van der Waals surface area contributed by atoms with Gasteiger partial charge in [-0.3, -0.25) is 4.79 Å². The maximum atomic E-state index is 12.8. The van der Waals surface area contributed by atoms with Crippen LogP contribution in [0.1, 0.15) is 27.9 Å². The molecule has 1 amide bonds. The first kappa shape index (κ1) is 29.6. The SMILES string of the molecule is COC(=O)C(CC=Cc1ccc(N(Cc2ccc(OC)cc2)c2ncccn2)cc1)NC(=O)c1c(Cl)cccc1Cl. The summed E-state index contributed by atoms with van der Waals surface area (Å²) in [7, 11) is 2.90. The predicted molar refractivity (Wildman–Crippen MR) is 161 cm³/mol. The van der Waals surface area contributed by atoms with Gasteiger partial charge in [0, 0.05) is 18.1 Å². The number of nitrogens with zero attached hydrogens (tertiary/aromatic N) is 3. The van der Waals surface area contributed by atoms with Crippen molar-refractivity contribution in [3.8, 4) is 5.75 Å². The van der Waals surface area contributed by atoms with E-state index in [2.05, 4.69) is 15.3 Å². The van der Waals surface area contributed by atoms with Gasteiger partial charge in [0.1, 0.15) is 11.8 Å². The number of amides is 1. The average molecular weight is 591 g/mol. The number of anilines is 2. The number of halogens is 2. The molecule has 0 saturated heterocycles. The first-order valence-electron chi connectivity index (χ1n) is 12.7. The molecule has 0 radical (unpaired) electrons. The van der Waals surface area contributed by atoms with Crippen LogP contribution in [0, 0.1) is 0 Å². The van der Waals surface area contributed by atoms with Crippen molar-refractivity contribution in [2.75, 3.05) is 19.1 Å². The van der Waals surface area contributed by atoms with E-state index in [1.165, 1.54) is 7.11 Å². The Bertz CT molecular complexity index is 1480. The highest BCUT2D eigenvalue weighted by atomic mass is 35.5. The molecule has 0 bridgehead atoms. The highest BCUT2D eigenvalue weighted by Crippen LogP contribution is 2.26. The number of carbonyl (C=O) groups is 2. The van der Waals surface area contributed by atoms with E-state index in [-0.39, 0.29) is 22.0 Å². The fraction of sp³-hybridized carbons (Fsp3) is 0.161. The molecular weight excluding hydrogens is 563 g/mol. The van der Waals surface area contributed by atoms with Crippen LogP contribution < -0.4 is 15.0 Å². The third-order valence-electron chi connectivity index (χ3n) is 6.16. The highest BCUT2D eigenvalue weighted by molar-refractivity contribution is 6.39. The Morgan fingerprint density at radius 3 is 2.20 bits per heavy atom. The van der Waals surface area contributed by atoms with Crippen LogP contribution >= 0.6 is 23.2 Å². The average Bonchev–Trinajstić information content (AvgIpc) is 3.00. The topological polar surface area (TPSA) is 93.7 Å². The van der Waals surface area contributed by atoms with Gasteiger partial charge in [0.15, 0.2) is 0 Å². The quantitative estimate of drug-likeness (QED) is 0.199. The Morgan fingerprint density at radius 1 is 0.927 bits per heavy atom. The van der Waals surface area contributed by atoms with Crippen molar-refractivity contribution in [3.05, 3.63) is 118 Å². The summed E-state index contributed by atoms with van der Waals surface area (Å²) in [6.07, 6.45) is 7.26. The number of benzene rings is 3. The molecule has 1 N–H and O–H groups in total. The lowest BCUT2D eigenvalue weighted by molar-refractivity contribution is -0.142. The molecular formula is C31H28Cl2N4O4. The summed E-state index contributed by atoms with van der Waals surface area (Å²) in [5.41, 5.74) is 2.97. The molecule has 3 aromatic carbocycles. The maximum Gasteiger partial charge on any atom is 0.328 e. The molecule has 4 rings (SSSR count). The van der Waals surface area contributed by atoms with Crippen LogP contribution in [0.5, 0.6) is 5.75 Å². The molecule has 1 aromatic heterocycles. The van der Waals surface area contributed by atoms with E-state index in [4.69, 9.17) is 32.7 Å². The molecule has 210 valence electrons. The molecule has 1 unspecified atom stereocenters. The van der Waals surface area contributed by atoms with E-state index >= 15 is 0 Å². The van der Waals surface area contributed by atoms with Gasteiger partial charge < -0.3 is 19.7 Å². The third-order valence-corrected chi connectivity index (χ3v) is 6.79. The van der Waals surface area contributed by atoms with Gasteiger partial charge in [-0.2, -0.15) is 0 Å². The van der Waals surface area contributed by atoms with Gasteiger partial charge in [0.25, 0.3) is 5.91 Å². The Hall–Kier alpha value is -4.40. The zero-order chi connectivity index (χ0) is 29.2. The summed E-state index contributed by atoms with van der Waals surface area (Å²) in [4.78, 5) is 36.1. The summed E-state index contributed by atoms with van der Waals surface area (Å²) in [5.74, 6) is 0.211. The van der Waals surface area contributed by atoms with Crippen LogP contribution in [0.2, 0.25) is 10.0 Å². The second-order valence-electron chi connectivity index (χ2n) is 8.86. The van der Waals surface area contributed by atoms with E-state index in [9.17, 15) is 9.59 Å². The molecule has 0 aliphatic rings. The summed E-state index contributed by atoms with van der Waals surface area (Å²) in [6.45, 7) is 0.555. The number of carbonyl (C=O) groups excluding carboxylic acids is 2. The lowest BCUT2D eigenvalue weighted by Crippen LogP contribution is -2.41. The number of nitrogens with one attached hydrogen (secondary N) is 1. The zero-order valence-electron chi connectivity index (χ0n) is 22.5. The molecule has 1 atom stereocenters. The normalized spacial score (nSPS) is 11.6. The maximum absolute atomic E-state index is 12.8. The van der Waals surface area contributed by atoms with Crippen LogP contribution in [-0.4, -0.2) is 42.1 Å². The van der Waals surface area contributed by atoms with Crippen LogP contribution in [0.4, 0.5) is 11.6 Å². The number of aromatic nitrogens is 2. The van der Waals surface area contributed by atoms with Gasteiger partial charge in [-0.25, -0.2) is 14.8 Å². The minimum Gasteiger partial charge on any atom is -0.497 e. The molecule has 0 aliphatic carbocycles. The molecule has 4 aromatic rings. The van der Waals surface area contributed by atoms with Crippen molar-refractivity contribution >= 4 is 52.8 Å². The Labute approximate surface area is 248 Å². The highest BCUT2D eigenvalue weighted by Gasteiger charge is 2.23. The van der Waals surface area contributed by atoms with Crippen LogP contribution in [0.25, 0.3) is 6.08 Å². The fourth-order valence-electron chi connectivity index (χ4n) is 4.03. The van der Waals surface area contributed by atoms with Crippen LogP contribution in [0.15, 0.2) is 91.3 Å². The second kappa shape index (κ2) is 14.3. The molecule has 0 spiro atoms. The number of ether oxygens (including phenoxy) is 2. The first-order chi connectivity index (χ1) is 19.9. The largest absolute Gasteiger partial charge is 0.497 e. The minimum absolute atomic E-state index is 0.103. The molecule has 8 nitrogen and oxygen atoms in total. The molecule has 0 saturated carbocycles. The monoisotopic (exact) mass is 590 g/mol. The van der Waals surface area contributed by atoms with Gasteiger partial charge in [-0.15, -0.1) is 0 Å². The lowest BCUT2D eigenvalue weighted by atomic mass is 10.1. The first-order valence-corrected chi connectivity index (χ1v) is 13.4. The Morgan fingerprint density at radius 2 is 1.59 bits per heavy atom. The molecule has 0 aliphatic heterocycles. The van der Waals surface area contributed by atoms with Crippen molar-refractivity contribution in [2.24, 2.45) is 0 Å². The number of methoxy groups -OCH3 is 2. The van der Waals surface area contributed by atoms with Gasteiger partial charge in [-0.05, 0) is 60.0 Å². The number of hydrogen-bond donors (Lipinski definition) is 1. The number of esters is 1. The second-order valence-corrected chi connectivity index (χ2v) is 9.67.